The molecule has 0 aromatic carbocycles. The Balaban J connectivity index is 2.91. The molecule has 0 unspecified atom stereocenters. The summed E-state index contributed by atoms with van der Waals surface area (Å²) in [4.78, 5) is 0. The predicted octanol–water partition coefficient (Wildman–Crippen LogP) is 1.19. The van der Waals surface area contributed by atoms with Crippen LogP contribution in [-0.4, -0.2) is 6.67 Å². The molecule has 0 fully saturated rings. The van der Waals surface area contributed by atoms with Gasteiger partial charge in [-0.1, -0.05) is 12.2 Å². The van der Waals surface area contributed by atoms with Crippen molar-refractivity contribution in [3.8, 4) is 0 Å². The van der Waals surface area contributed by atoms with Crippen LogP contribution in [0.25, 0.3) is 0 Å². The van der Waals surface area contributed by atoms with Crippen LogP contribution in [0.5, 0.6) is 0 Å². The summed E-state index contributed by atoms with van der Waals surface area (Å²) in [5, 5.41) is 6.05. The molecule has 0 bridgehead atoms. The van der Waals surface area contributed by atoms with Crippen molar-refractivity contribution in [2.75, 3.05) is 6.67 Å². The van der Waals surface area contributed by atoms with E-state index in [0.717, 1.165) is 6.67 Å². The Kier molecular flexibility index (Phi) is 6.36. The van der Waals surface area contributed by atoms with Crippen molar-refractivity contribution in [1.82, 2.24) is 10.6 Å². The van der Waals surface area contributed by atoms with Gasteiger partial charge < -0.3 is 10.6 Å². The third-order valence-corrected chi connectivity index (χ3v) is 0.773. The van der Waals surface area contributed by atoms with E-state index >= 15 is 0 Å². The van der Waals surface area contributed by atoms with Gasteiger partial charge in [-0.2, -0.15) is 0 Å². The Morgan fingerprint density at radius 3 is 1.78 bits per heavy atom. The number of allylic oxidation sites excluding steroid dienone is 2. The highest BCUT2D eigenvalue weighted by Gasteiger charge is 1.68. The molecule has 0 heterocycles. The Hall–Kier alpha value is -0.920. The van der Waals surface area contributed by atoms with Gasteiger partial charge in [0.05, 0.1) is 6.67 Å². The van der Waals surface area contributed by atoms with Gasteiger partial charge in [0.15, 0.2) is 0 Å². The lowest BCUT2D eigenvalue weighted by Crippen LogP contribution is -2.19. The van der Waals surface area contributed by atoms with Crippen LogP contribution in [0.1, 0.15) is 13.8 Å². The van der Waals surface area contributed by atoms with E-state index in [1.165, 1.54) is 0 Å². The molecule has 0 aliphatic rings. The number of hydrogen-bond acceptors (Lipinski definition) is 2. The predicted molar refractivity (Wildman–Crippen MR) is 40.8 cm³/mol. The summed E-state index contributed by atoms with van der Waals surface area (Å²) in [5.74, 6) is 0. The maximum atomic E-state index is 3.03. The summed E-state index contributed by atoms with van der Waals surface area (Å²) in [5.41, 5.74) is 0. The standard InChI is InChI=1S/C7H14N2/c1-3-5-8-7-9-6-4-2/h3-6,8-9H,7H2,1-2H3. The van der Waals surface area contributed by atoms with Gasteiger partial charge in [-0.3, -0.25) is 0 Å². The highest BCUT2D eigenvalue weighted by Crippen LogP contribution is 1.62. The van der Waals surface area contributed by atoms with Crippen molar-refractivity contribution in [2.45, 2.75) is 13.8 Å². The lowest BCUT2D eigenvalue weighted by molar-refractivity contribution is 0.769. The molecule has 0 aromatic rings. The summed E-state index contributed by atoms with van der Waals surface area (Å²) in [6, 6.07) is 0. The van der Waals surface area contributed by atoms with Crippen LogP contribution in [0.4, 0.5) is 0 Å². The molecule has 2 N–H and O–H groups in total. The summed E-state index contributed by atoms with van der Waals surface area (Å²) in [7, 11) is 0. The summed E-state index contributed by atoms with van der Waals surface area (Å²) in [6.07, 6.45) is 7.71. The van der Waals surface area contributed by atoms with Crippen LogP contribution in [0.2, 0.25) is 0 Å². The van der Waals surface area contributed by atoms with E-state index in [0.29, 0.717) is 0 Å². The minimum Gasteiger partial charge on any atom is -0.374 e. The van der Waals surface area contributed by atoms with E-state index in [4.69, 9.17) is 0 Å². The van der Waals surface area contributed by atoms with E-state index in [1.807, 2.05) is 38.4 Å². The van der Waals surface area contributed by atoms with Crippen molar-refractivity contribution in [2.24, 2.45) is 0 Å². The van der Waals surface area contributed by atoms with E-state index in [2.05, 4.69) is 10.6 Å². The van der Waals surface area contributed by atoms with Crippen LogP contribution < -0.4 is 10.6 Å². The van der Waals surface area contributed by atoms with Crippen molar-refractivity contribution in [1.29, 1.82) is 0 Å². The Labute approximate surface area is 56.6 Å². The summed E-state index contributed by atoms with van der Waals surface area (Å²) in [6.45, 7) is 4.74. The molecule has 0 saturated carbocycles. The average molecular weight is 126 g/mol. The molecular formula is C7H14N2. The number of hydrogen-bond donors (Lipinski definition) is 2. The van der Waals surface area contributed by atoms with Gasteiger partial charge in [0, 0.05) is 0 Å². The first-order chi connectivity index (χ1) is 4.41. The minimum absolute atomic E-state index is 0.786. The van der Waals surface area contributed by atoms with E-state index < -0.39 is 0 Å². The molecule has 0 atom stereocenters. The fourth-order valence-electron chi connectivity index (χ4n) is 0.412. The SMILES string of the molecule is CC=CNCNC=CC. The summed E-state index contributed by atoms with van der Waals surface area (Å²) >= 11 is 0. The molecule has 0 radical (unpaired) electrons. The molecule has 0 aliphatic carbocycles. The van der Waals surface area contributed by atoms with Crippen molar-refractivity contribution < 1.29 is 0 Å². The van der Waals surface area contributed by atoms with Crippen LogP contribution in [0.15, 0.2) is 24.6 Å². The maximum Gasteiger partial charge on any atom is 0.0839 e. The zero-order chi connectivity index (χ0) is 6.95. The number of rotatable bonds is 4. The first-order valence-corrected chi connectivity index (χ1v) is 3.11. The highest BCUT2D eigenvalue weighted by atomic mass is 15.0. The van der Waals surface area contributed by atoms with Gasteiger partial charge in [0.1, 0.15) is 0 Å². The van der Waals surface area contributed by atoms with Gasteiger partial charge in [-0.25, -0.2) is 0 Å². The van der Waals surface area contributed by atoms with Gasteiger partial charge in [0.25, 0.3) is 0 Å². The molecule has 9 heavy (non-hydrogen) atoms. The van der Waals surface area contributed by atoms with Gasteiger partial charge in [0.2, 0.25) is 0 Å². The van der Waals surface area contributed by atoms with E-state index in [1.54, 1.807) is 0 Å². The molecule has 0 rings (SSSR count). The Bertz CT molecular complexity index is 83.1. The lowest BCUT2D eigenvalue weighted by atomic mass is 10.7. The second kappa shape index (κ2) is 7.08. The highest BCUT2D eigenvalue weighted by molar-refractivity contribution is 4.77. The van der Waals surface area contributed by atoms with Gasteiger partial charge in [-0.05, 0) is 26.2 Å². The molecule has 52 valence electrons. The molecule has 0 aromatic heterocycles. The first-order valence-electron chi connectivity index (χ1n) is 3.11. The van der Waals surface area contributed by atoms with Crippen LogP contribution in [0.3, 0.4) is 0 Å². The fraction of sp³-hybridized carbons (Fsp3) is 0.429. The largest absolute Gasteiger partial charge is 0.374 e. The van der Waals surface area contributed by atoms with Crippen LogP contribution >= 0.6 is 0 Å². The third kappa shape index (κ3) is 7.08. The Morgan fingerprint density at radius 1 is 1.00 bits per heavy atom. The molecule has 2 nitrogen and oxygen atoms in total. The normalized spacial score (nSPS) is 10.9. The van der Waals surface area contributed by atoms with E-state index in [-0.39, 0.29) is 0 Å². The van der Waals surface area contributed by atoms with Crippen molar-refractivity contribution in [3.05, 3.63) is 24.6 Å². The lowest BCUT2D eigenvalue weighted by Gasteiger charge is -1.97. The molecular weight excluding hydrogens is 112 g/mol. The Morgan fingerprint density at radius 2 is 1.44 bits per heavy atom. The second-order valence-electron chi connectivity index (χ2n) is 1.59. The van der Waals surface area contributed by atoms with Crippen LogP contribution in [0, 0.1) is 0 Å². The topological polar surface area (TPSA) is 24.1 Å². The third-order valence-electron chi connectivity index (χ3n) is 0.773. The fourth-order valence-corrected chi connectivity index (χ4v) is 0.412. The van der Waals surface area contributed by atoms with Gasteiger partial charge >= 0.3 is 0 Å². The minimum atomic E-state index is 0.786. The van der Waals surface area contributed by atoms with E-state index in [9.17, 15) is 0 Å². The molecule has 2 heteroatoms. The average Bonchev–Trinajstić information content (AvgIpc) is 1.89. The van der Waals surface area contributed by atoms with Crippen molar-refractivity contribution >= 4 is 0 Å². The summed E-state index contributed by atoms with van der Waals surface area (Å²) < 4.78 is 0. The smallest absolute Gasteiger partial charge is 0.0839 e. The molecule has 0 spiro atoms. The molecule has 0 aliphatic heterocycles. The quantitative estimate of drug-likeness (QED) is 0.437. The second-order valence-corrected chi connectivity index (χ2v) is 1.59. The molecule has 0 amide bonds. The zero-order valence-electron chi connectivity index (χ0n) is 6.02. The molecule has 0 saturated heterocycles. The van der Waals surface area contributed by atoms with Crippen molar-refractivity contribution in [3.63, 3.8) is 0 Å². The zero-order valence-corrected chi connectivity index (χ0v) is 6.02. The van der Waals surface area contributed by atoms with Gasteiger partial charge in [-0.15, -0.1) is 0 Å². The first kappa shape index (κ1) is 8.08. The van der Waals surface area contributed by atoms with Crippen LogP contribution in [-0.2, 0) is 0 Å². The number of nitrogens with one attached hydrogen (secondary N) is 2. The monoisotopic (exact) mass is 126 g/mol. The maximum absolute atomic E-state index is 3.03.